The number of ether oxygens (including phenoxy) is 2. The zero-order chi connectivity index (χ0) is 23.5. The molecule has 0 saturated carbocycles. The predicted octanol–water partition coefficient (Wildman–Crippen LogP) is 5.98. The average molecular weight is 446 g/mol. The quantitative estimate of drug-likeness (QED) is 0.372. The molecular formula is C22H17F3N2O5. The zero-order valence-corrected chi connectivity index (χ0v) is 16.9. The maximum absolute atomic E-state index is 12.9. The summed E-state index contributed by atoms with van der Waals surface area (Å²) in [5, 5.41) is 14.0. The van der Waals surface area contributed by atoms with Crippen LogP contribution in [0.4, 0.5) is 24.5 Å². The van der Waals surface area contributed by atoms with Crippen LogP contribution < -0.4 is 14.8 Å². The minimum Gasteiger partial charge on any atom is -0.497 e. The maximum Gasteiger partial charge on any atom is 0.416 e. The molecule has 0 aliphatic heterocycles. The first-order valence-corrected chi connectivity index (χ1v) is 9.18. The number of aryl methyl sites for hydroxylation is 1. The van der Waals surface area contributed by atoms with Crippen molar-refractivity contribution in [3.63, 3.8) is 0 Å². The molecule has 166 valence electrons. The Morgan fingerprint density at radius 1 is 1.03 bits per heavy atom. The summed E-state index contributed by atoms with van der Waals surface area (Å²) in [6.45, 7) is 1.79. The van der Waals surface area contributed by atoms with Crippen LogP contribution in [-0.4, -0.2) is 17.9 Å². The highest BCUT2D eigenvalue weighted by molar-refractivity contribution is 6.04. The number of nitrogens with one attached hydrogen (secondary N) is 1. The third-order valence-electron chi connectivity index (χ3n) is 4.49. The first-order chi connectivity index (χ1) is 15.1. The monoisotopic (exact) mass is 446 g/mol. The molecule has 0 aromatic heterocycles. The van der Waals surface area contributed by atoms with Gasteiger partial charge in [0.1, 0.15) is 11.5 Å². The number of nitrogens with zero attached hydrogens (tertiary/aromatic N) is 1. The van der Waals surface area contributed by atoms with Crippen molar-refractivity contribution in [2.45, 2.75) is 13.1 Å². The molecular weight excluding hydrogens is 429 g/mol. The summed E-state index contributed by atoms with van der Waals surface area (Å²) in [6, 6.07) is 12.8. The molecule has 0 bridgehead atoms. The number of nitro groups is 1. The van der Waals surface area contributed by atoms with Crippen LogP contribution in [0.15, 0.2) is 60.7 Å². The Morgan fingerprint density at radius 3 is 2.41 bits per heavy atom. The van der Waals surface area contributed by atoms with E-state index in [0.29, 0.717) is 23.6 Å². The maximum atomic E-state index is 12.9. The third-order valence-corrected chi connectivity index (χ3v) is 4.49. The molecule has 0 aliphatic carbocycles. The summed E-state index contributed by atoms with van der Waals surface area (Å²) in [6.07, 6.45) is -4.74. The number of rotatable bonds is 6. The van der Waals surface area contributed by atoms with E-state index < -0.39 is 28.3 Å². The molecule has 1 amide bonds. The fourth-order valence-electron chi connectivity index (χ4n) is 2.85. The number of amides is 1. The van der Waals surface area contributed by atoms with E-state index in [2.05, 4.69) is 5.32 Å². The van der Waals surface area contributed by atoms with Gasteiger partial charge in [-0.25, -0.2) is 0 Å². The second kappa shape index (κ2) is 8.96. The lowest BCUT2D eigenvalue weighted by Crippen LogP contribution is -2.12. The normalized spacial score (nSPS) is 11.0. The molecule has 3 rings (SSSR count). The van der Waals surface area contributed by atoms with E-state index in [0.717, 1.165) is 11.6 Å². The number of methoxy groups -OCH3 is 1. The van der Waals surface area contributed by atoms with E-state index in [-0.39, 0.29) is 17.1 Å². The Balaban J connectivity index is 1.84. The van der Waals surface area contributed by atoms with Crippen molar-refractivity contribution < 1.29 is 32.4 Å². The Kier molecular flexibility index (Phi) is 6.33. The molecule has 3 aromatic carbocycles. The standard InChI is InChI=1S/C22H17F3N2O5/c1-13-10-16(31-2)7-8-18(13)26-21(28)14-4-3-5-17(11-14)32-20-9-6-15(22(23,24)25)12-19(20)27(29)30/h3-12H,1-2H3,(H,26,28). The number of hydrogen-bond donors (Lipinski definition) is 1. The number of hydrogen-bond acceptors (Lipinski definition) is 5. The van der Waals surface area contributed by atoms with Crippen LogP contribution in [0.3, 0.4) is 0 Å². The van der Waals surface area contributed by atoms with Crippen molar-refractivity contribution in [3.05, 3.63) is 87.5 Å². The van der Waals surface area contributed by atoms with Gasteiger partial charge in [0.05, 0.1) is 17.6 Å². The minimum absolute atomic E-state index is 0.0481. The Morgan fingerprint density at radius 2 is 1.78 bits per heavy atom. The number of nitro benzene ring substituents is 1. The van der Waals surface area contributed by atoms with Crippen LogP contribution in [0.5, 0.6) is 17.2 Å². The highest BCUT2D eigenvalue weighted by atomic mass is 19.4. The Bertz CT molecular complexity index is 1180. The van der Waals surface area contributed by atoms with E-state index in [9.17, 15) is 28.1 Å². The number of carbonyl (C=O) groups excluding carboxylic acids is 1. The van der Waals surface area contributed by atoms with Gasteiger partial charge >= 0.3 is 11.9 Å². The summed E-state index contributed by atoms with van der Waals surface area (Å²) in [5.41, 5.74) is -0.499. The molecule has 0 aliphatic rings. The summed E-state index contributed by atoms with van der Waals surface area (Å²) >= 11 is 0. The molecule has 10 heteroatoms. The Labute approximate surface area is 180 Å². The molecule has 32 heavy (non-hydrogen) atoms. The van der Waals surface area contributed by atoms with Crippen molar-refractivity contribution in [2.24, 2.45) is 0 Å². The lowest BCUT2D eigenvalue weighted by atomic mass is 10.1. The summed E-state index contributed by atoms with van der Waals surface area (Å²) in [7, 11) is 1.53. The summed E-state index contributed by atoms with van der Waals surface area (Å²) < 4.78 is 49.2. The average Bonchev–Trinajstić information content (AvgIpc) is 2.74. The van der Waals surface area contributed by atoms with Gasteiger partial charge in [0.15, 0.2) is 0 Å². The smallest absolute Gasteiger partial charge is 0.416 e. The van der Waals surface area contributed by atoms with Crippen LogP contribution in [0.25, 0.3) is 0 Å². The number of anilines is 1. The van der Waals surface area contributed by atoms with Crippen LogP contribution in [0.2, 0.25) is 0 Å². The first kappa shape index (κ1) is 22.6. The fraction of sp³-hybridized carbons (Fsp3) is 0.136. The van der Waals surface area contributed by atoms with Crippen LogP contribution in [0, 0.1) is 17.0 Å². The van der Waals surface area contributed by atoms with Crippen LogP contribution in [0.1, 0.15) is 21.5 Å². The van der Waals surface area contributed by atoms with Crippen molar-refractivity contribution in [1.29, 1.82) is 0 Å². The van der Waals surface area contributed by atoms with Gasteiger partial charge in [-0.05, 0) is 61.0 Å². The highest BCUT2D eigenvalue weighted by Crippen LogP contribution is 2.38. The van der Waals surface area contributed by atoms with Gasteiger partial charge in [-0.15, -0.1) is 0 Å². The number of carbonyl (C=O) groups is 1. The summed E-state index contributed by atoms with van der Waals surface area (Å²) in [5.74, 6) is -0.168. The topological polar surface area (TPSA) is 90.7 Å². The van der Waals surface area contributed by atoms with Gasteiger partial charge in [0.25, 0.3) is 5.91 Å². The molecule has 0 fully saturated rings. The van der Waals surface area contributed by atoms with Crippen molar-refractivity contribution in [3.8, 4) is 17.2 Å². The fourth-order valence-corrected chi connectivity index (χ4v) is 2.85. The number of halogens is 3. The summed E-state index contributed by atoms with van der Waals surface area (Å²) in [4.78, 5) is 22.9. The third kappa shape index (κ3) is 5.15. The van der Waals surface area contributed by atoms with Gasteiger partial charge in [-0.3, -0.25) is 14.9 Å². The number of benzene rings is 3. The molecule has 0 atom stereocenters. The van der Waals surface area contributed by atoms with Crippen molar-refractivity contribution >= 4 is 17.3 Å². The van der Waals surface area contributed by atoms with E-state index in [4.69, 9.17) is 9.47 Å². The van der Waals surface area contributed by atoms with Crippen molar-refractivity contribution in [2.75, 3.05) is 12.4 Å². The van der Waals surface area contributed by atoms with Crippen LogP contribution >= 0.6 is 0 Å². The predicted molar refractivity (Wildman–Crippen MR) is 110 cm³/mol. The van der Waals surface area contributed by atoms with E-state index >= 15 is 0 Å². The van der Waals surface area contributed by atoms with Gasteiger partial charge in [0.2, 0.25) is 5.75 Å². The van der Waals surface area contributed by atoms with Gasteiger partial charge < -0.3 is 14.8 Å². The largest absolute Gasteiger partial charge is 0.497 e. The van der Waals surface area contributed by atoms with E-state index in [1.807, 2.05) is 0 Å². The molecule has 3 aromatic rings. The molecule has 0 unspecified atom stereocenters. The van der Waals surface area contributed by atoms with E-state index in [1.54, 1.807) is 25.1 Å². The molecule has 1 N–H and O–H groups in total. The van der Waals surface area contributed by atoms with Gasteiger partial charge in [0, 0.05) is 17.3 Å². The molecule has 0 radical (unpaired) electrons. The second-order valence-electron chi connectivity index (χ2n) is 6.70. The highest BCUT2D eigenvalue weighted by Gasteiger charge is 2.33. The van der Waals surface area contributed by atoms with Gasteiger partial charge in [-0.2, -0.15) is 13.2 Å². The zero-order valence-electron chi connectivity index (χ0n) is 16.9. The van der Waals surface area contributed by atoms with Gasteiger partial charge in [-0.1, -0.05) is 6.07 Å². The molecule has 0 spiro atoms. The first-order valence-electron chi connectivity index (χ1n) is 9.18. The lowest BCUT2D eigenvalue weighted by Gasteiger charge is -2.12. The second-order valence-corrected chi connectivity index (χ2v) is 6.70. The SMILES string of the molecule is COc1ccc(NC(=O)c2cccc(Oc3ccc(C(F)(F)F)cc3[N+](=O)[O-])c2)c(C)c1. The Hall–Kier alpha value is -4.08. The lowest BCUT2D eigenvalue weighted by molar-refractivity contribution is -0.385. The van der Waals surface area contributed by atoms with Crippen molar-refractivity contribution in [1.82, 2.24) is 0 Å². The minimum atomic E-state index is -4.74. The molecule has 0 heterocycles. The van der Waals surface area contributed by atoms with Crippen LogP contribution in [-0.2, 0) is 6.18 Å². The molecule has 7 nitrogen and oxygen atoms in total. The van der Waals surface area contributed by atoms with E-state index in [1.165, 1.54) is 31.4 Å². The molecule has 0 saturated heterocycles. The number of alkyl halides is 3.